The predicted molar refractivity (Wildman–Crippen MR) is 224 cm³/mol. The molecule has 0 saturated carbocycles. The van der Waals surface area contributed by atoms with Gasteiger partial charge in [0.25, 0.3) is 0 Å². The average molecular weight is 737 g/mol. The molecule has 300 valence electrons. The molecule has 0 aromatic heterocycles. The van der Waals surface area contributed by atoms with Crippen molar-refractivity contribution >= 4 is 17.9 Å². The van der Waals surface area contributed by atoms with Crippen molar-refractivity contribution in [2.24, 2.45) is 0 Å². The lowest BCUT2D eigenvalue weighted by molar-refractivity contribution is -0.167. The van der Waals surface area contributed by atoms with E-state index < -0.39 is 6.10 Å². The monoisotopic (exact) mass is 737 g/mol. The number of esters is 3. The van der Waals surface area contributed by atoms with Gasteiger partial charge in [-0.3, -0.25) is 14.4 Å². The summed E-state index contributed by atoms with van der Waals surface area (Å²) >= 11 is 0. The first-order valence-corrected chi connectivity index (χ1v) is 21.1. The Bertz CT molecular complexity index is 1080. The molecule has 1 unspecified atom stereocenters. The topological polar surface area (TPSA) is 78.9 Å². The predicted octanol–water partition coefficient (Wildman–Crippen LogP) is 13.3. The summed E-state index contributed by atoms with van der Waals surface area (Å²) in [5.41, 5.74) is 0. The highest BCUT2D eigenvalue weighted by Crippen LogP contribution is 2.11. The normalized spacial score (nSPS) is 12.9. The summed E-state index contributed by atoms with van der Waals surface area (Å²) in [6, 6.07) is 0. The molecule has 0 heterocycles. The van der Waals surface area contributed by atoms with Crippen molar-refractivity contribution in [3.63, 3.8) is 0 Å². The molecule has 6 heteroatoms. The van der Waals surface area contributed by atoms with Gasteiger partial charge < -0.3 is 14.2 Å². The molecular weight excluding hydrogens is 661 g/mol. The van der Waals surface area contributed by atoms with Gasteiger partial charge >= 0.3 is 17.9 Å². The third kappa shape index (κ3) is 39.6. The Balaban J connectivity index is 4.38. The van der Waals surface area contributed by atoms with Crippen molar-refractivity contribution in [1.82, 2.24) is 0 Å². The molecule has 1 atom stereocenters. The van der Waals surface area contributed by atoms with Crippen LogP contribution < -0.4 is 0 Å². The molecule has 0 aliphatic heterocycles. The second-order valence-electron chi connectivity index (χ2n) is 13.5. The van der Waals surface area contributed by atoms with Crippen molar-refractivity contribution in [3.8, 4) is 0 Å². The quantitative estimate of drug-likeness (QED) is 0.0276. The lowest BCUT2D eigenvalue weighted by Crippen LogP contribution is -2.30. The maximum atomic E-state index is 12.6. The van der Waals surface area contributed by atoms with Crippen LogP contribution in [0.3, 0.4) is 0 Å². The number of hydrogen-bond donors (Lipinski definition) is 0. The van der Waals surface area contributed by atoms with Gasteiger partial charge in [0, 0.05) is 19.3 Å². The summed E-state index contributed by atoms with van der Waals surface area (Å²) in [5.74, 6) is -0.985. The third-order valence-corrected chi connectivity index (χ3v) is 8.40. The number of ether oxygens (including phenoxy) is 3. The van der Waals surface area contributed by atoms with E-state index in [0.29, 0.717) is 19.3 Å². The molecular formula is C47H76O6. The Morgan fingerprint density at radius 2 is 0.736 bits per heavy atom. The maximum Gasteiger partial charge on any atom is 0.306 e. The van der Waals surface area contributed by atoms with E-state index in [1.807, 2.05) is 0 Å². The molecule has 0 aromatic rings. The number of rotatable bonds is 36. The summed E-state index contributed by atoms with van der Waals surface area (Å²) < 4.78 is 16.5. The second kappa shape index (κ2) is 41.3. The number of hydrogen-bond acceptors (Lipinski definition) is 6. The zero-order valence-corrected chi connectivity index (χ0v) is 34.0. The highest BCUT2D eigenvalue weighted by molar-refractivity contribution is 5.71. The number of carbonyl (C=O) groups is 3. The Hall–Kier alpha value is -3.41. The van der Waals surface area contributed by atoms with Crippen molar-refractivity contribution < 1.29 is 28.6 Å². The highest BCUT2D eigenvalue weighted by Gasteiger charge is 2.19. The van der Waals surface area contributed by atoms with Crippen LogP contribution in [0, 0.1) is 0 Å². The molecule has 0 fully saturated rings. The van der Waals surface area contributed by atoms with Crippen LogP contribution in [0.2, 0.25) is 0 Å². The van der Waals surface area contributed by atoms with E-state index in [1.165, 1.54) is 0 Å². The van der Waals surface area contributed by atoms with E-state index in [4.69, 9.17) is 14.2 Å². The second-order valence-corrected chi connectivity index (χ2v) is 13.5. The van der Waals surface area contributed by atoms with Crippen molar-refractivity contribution in [2.75, 3.05) is 13.2 Å². The van der Waals surface area contributed by atoms with Crippen molar-refractivity contribution in [3.05, 3.63) is 85.1 Å². The van der Waals surface area contributed by atoms with Crippen LogP contribution in [-0.2, 0) is 28.6 Å². The summed E-state index contributed by atoms with van der Waals surface area (Å²) in [6.07, 6.45) is 51.7. The minimum Gasteiger partial charge on any atom is -0.462 e. The molecule has 0 aliphatic carbocycles. The summed E-state index contributed by atoms with van der Waals surface area (Å²) in [6.45, 7) is 6.24. The van der Waals surface area contributed by atoms with Gasteiger partial charge in [-0.05, 0) is 89.9 Å². The fourth-order valence-corrected chi connectivity index (χ4v) is 5.27. The lowest BCUT2D eigenvalue weighted by Gasteiger charge is -2.18. The SMILES string of the molecule is CC/C=C\C/C=C\C/C=C\C/C=C\CCCCC(=O)OCC(COC(=O)CCCCCCC)OC(=O)CCCCCCC/C=C\C/C=C\C/C=C\CC. The van der Waals surface area contributed by atoms with Crippen molar-refractivity contribution in [1.29, 1.82) is 0 Å². The zero-order chi connectivity index (χ0) is 38.7. The van der Waals surface area contributed by atoms with Gasteiger partial charge in [0.15, 0.2) is 6.10 Å². The third-order valence-electron chi connectivity index (χ3n) is 8.40. The molecule has 6 nitrogen and oxygen atoms in total. The average Bonchev–Trinajstić information content (AvgIpc) is 3.15. The van der Waals surface area contributed by atoms with E-state index >= 15 is 0 Å². The molecule has 0 bridgehead atoms. The Morgan fingerprint density at radius 1 is 0.396 bits per heavy atom. The molecule has 53 heavy (non-hydrogen) atoms. The lowest BCUT2D eigenvalue weighted by atomic mass is 10.1. The first-order valence-electron chi connectivity index (χ1n) is 21.1. The number of unbranched alkanes of at least 4 members (excludes halogenated alkanes) is 11. The first kappa shape index (κ1) is 49.6. The van der Waals surface area contributed by atoms with Crippen LogP contribution >= 0.6 is 0 Å². The van der Waals surface area contributed by atoms with Crippen LogP contribution in [0.15, 0.2) is 85.1 Å². The van der Waals surface area contributed by atoms with Gasteiger partial charge in [0.1, 0.15) is 13.2 Å². The Labute approximate surface area is 325 Å². The molecule has 0 aliphatic rings. The van der Waals surface area contributed by atoms with Crippen LogP contribution in [0.1, 0.15) is 175 Å². The molecule has 0 saturated heterocycles. The fourth-order valence-electron chi connectivity index (χ4n) is 5.27. The Morgan fingerprint density at radius 3 is 1.19 bits per heavy atom. The molecule has 0 N–H and O–H groups in total. The van der Waals surface area contributed by atoms with Gasteiger partial charge in [0.05, 0.1) is 0 Å². The first-order chi connectivity index (χ1) is 26.0. The molecule has 0 spiro atoms. The van der Waals surface area contributed by atoms with Gasteiger partial charge in [-0.1, -0.05) is 151 Å². The van der Waals surface area contributed by atoms with Gasteiger partial charge in [-0.2, -0.15) is 0 Å². The number of allylic oxidation sites excluding steroid dienone is 14. The van der Waals surface area contributed by atoms with Crippen LogP contribution in [-0.4, -0.2) is 37.2 Å². The van der Waals surface area contributed by atoms with Gasteiger partial charge in [0.2, 0.25) is 0 Å². The summed E-state index contributed by atoms with van der Waals surface area (Å²) in [7, 11) is 0. The van der Waals surface area contributed by atoms with E-state index in [9.17, 15) is 14.4 Å². The van der Waals surface area contributed by atoms with E-state index in [-0.39, 0.29) is 31.1 Å². The van der Waals surface area contributed by atoms with E-state index in [0.717, 1.165) is 135 Å². The molecule has 0 radical (unpaired) electrons. The largest absolute Gasteiger partial charge is 0.462 e. The van der Waals surface area contributed by atoms with Crippen LogP contribution in [0.5, 0.6) is 0 Å². The van der Waals surface area contributed by atoms with Gasteiger partial charge in [-0.15, -0.1) is 0 Å². The van der Waals surface area contributed by atoms with E-state index in [1.54, 1.807) is 0 Å². The van der Waals surface area contributed by atoms with Crippen molar-refractivity contribution in [2.45, 2.75) is 181 Å². The highest BCUT2D eigenvalue weighted by atomic mass is 16.6. The zero-order valence-electron chi connectivity index (χ0n) is 34.0. The summed E-state index contributed by atoms with van der Waals surface area (Å²) in [4.78, 5) is 37.4. The van der Waals surface area contributed by atoms with Crippen LogP contribution in [0.4, 0.5) is 0 Å². The van der Waals surface area contributed by atoms with Crippen LogP contribution in [0.25, 0.3) is 0 Å². The number of carbonyl (C=O) groups excluding carboxylic acids is 3. The molecule has 0 amide bonds. The minimum absolute atomic E-state index is 0.0993. The molecule has 0 aromatic carbocycles. The minimum atomic E-state index is -0.797. The summed E-state index contributed by atoms with van der Waals surface area (Å²) in [5, 5.41) is 0. The van der Waals surface area contributed by atoms with E-state index in [2.05, 4.69) is 106 Å². The Kier molecular flexibility index (Phi) is 38.7. The maximum absolute atomic E-state index is 12.6. The fraction of sp³-hybridized carbons (Fsp3) is 0.638. The van der Waals surface area contributed by atoms with Gasteiger partial charge in [-0.25, -0.2) is 0 Å². The molecule has 0 rings (SSSR count). The standard InChI is InChI=1S/C47H76O6/c1-4-7-10-13-15-17-19-21-23-25-27-29-31-34-37-40-46(49)52-43-44(42-51-45(48)39-36-33-12-9-6-3)53-47(50)41-38-35-32-30-28-26-24-22-20-18-16-14-11-8-5-2/h7-8,10-11,15-18,21-24,27,29,44H,4-6,9,12-14,19-20,25-26,28,30-43H2,1-3H3/b10-7-,11-8-,17-15-,18-16-,23-21-,24-22-,29-27-. The smallest absolute Gasteiger partial charge is 0.306 e.